The molecule has 0 aliphatic carbocycles. The first-order valence-corrected chi connectivity index (χ1v) is 4.63. The van der Waals surface area contributed by atoms with Crippen LogP contribution in [-0.2, 0) is 23.9 Å². The first-order valence-electron chi connectivity index (χ1n) is 4.63. The van der Waals surface area contributed by atoms with E-state index in [1.165, 1.54) is 14.0 Å². The minimum Gasteiger partial charge on any atom is -0.469 e. The number of hydrogen-bond donors (Lipinski definition) is 2. The maximum atomic E-state index is 11.2. The fourth-order valence-corrected chi connectivity index (χ4v) is 0.889. The van der Waals surface area contributed by atoms with Crippen molar-refractivity contribution in [2.75, 3.05) is 14.2 Å². The van der Waals surface area contributed by atoms with E-state index in [2.05, 4.69) is 14.8 Å². The lowest BCUT2D eigenvalue weighted by molar-refractivity contribution is -0.150. The van der Waals surface area contributed by atoms with Crippen LogP contribution >= 0.6 is 0 Å². The standard InChI is InChI=1S/C9H16N2O5/c1-5(10)8(13)11-6(9(14)16-3)4-7(12)15-2/h5-6H,4,10H2,1-3H3,(H,11,13)/t5-,6-/m0/s1. The van der Waals surface area contributed by atoms with E-state index in [1.807, 2.05) is 0 Å². The number of nitrogens with two attached hydrogens (primary N) is 1. The van der Waals surface area contributed by atoms with Crippen molar-refractivity contribution in [3.63, 3.8) is 0 Å². The molecule has 0 heterocycles. The van der Waals surface area contributed by atoms with E-state index in [0.717, 1.165) is 7.11 Å². The summed E-state index contributed by atoms with van der Waals surface area (Å²) in [6, 6.07) is -1.85. The number of amides is 1. The van der Waals surface area contributed by atoms with Gasteiger partial charge >= 0.3 is 11.9 Å². The quantitative estimate of drug-likeness (QED) is 0.562. The van der Waals surface area contributed by atoms with Crippen LogP contribution in [-0.4, -0.2) is 44.1 Å². The molecule has 0 rings (SSSR count). The smallest absolute Gasteiger partial charge is 0.328 e. The SMILES string of the molecule is COC(=O)C[C@H](NC(=O)[C@H](C)N)C(=O)OC. The first-order chi connectivity index (χ1) is 7.42. The second-order valence-corrected chi connectivity index (χ2v) is 3.15. The van der Waals surface area contributed by atoms with Crippen LogP contribution in [0.4, 0.5) is 0 Å². The highest BCUT2D eigenvalue weighted by Gasteiger charge is 2.25. The molecule has 0 aliphatic rings. The third-order valence-corrected chi connectivity index (χ3v) is 1.81. The summed E-state index contributed by atoms with van der Waals surface area (Å²) in [4.78, 5) is 33.5. The highest BCUT2D eigenvalue weighted by molar-refractivity contribution is 5.89. The molecule has 0 aromatic heterocycles. The zero-order valence-corrected chi connectivity index (χ0v) is 9.48. The van der Waals surface area contributed by atoms with Crippen molar-refractivity contribution < 1.29 is 23.9 Å². The number of esters is 2. The summed E-state index contributed by atoms with van der Waals surface area (Å²) >= 11 is 0. The van der Waals surface area contributed by atoms with Gasteiger partial charge in [-0.05, 0) is 6.92 Å². The van der Waals surface area contributed by atoms with Gasteiger partial charge in [0.05, 0.1) is 26.7 Å². The van der Waals surface area contributed by atoms with Gasteiger partial charge in [0.15, 0.2) is 0 Å². The minimum atomic E-state index is -1.07. The summed E-state index contributed by atoms with van der Waals surface area (Å²) < 4.78 is 8.82. The Hall–Kier alpha value is -1.63. The van der Waals surface area contributed by atoms with Crippen molar-refractivity contribution in [1.82, 2.24) is 5.32 Å². The van der Waals surface area contributed by atoms with Gasteiger partial charge in [-0.25, -0.2) is 4.79 Å². The molecule has 0 fully saturated rings. The molecule has 2 atom stereocenters. The summed E-state index contributed by atoms with van der Waals surface area (Å²) in [6.07, 6.45) is -0.290. The largest absolute Gasteiger partial charge is 0.469 e. The average molecular weight is 232 g/mol. The number of ether oxygens (including phenoxy) is 2. The number of carbonyl (C=O) groups excluding carboxylic acids is 3. The van der Waals surface area contributed by atoms with Crippen LogP contribution in [0.5, 0.6) is 0 Å². The first kappa shape index (κ1) is 14.4. The molecular weight excluding hydrogens is 216 g/mol. The van der Waals surface area contributed by atoms with E-state index in [0.29, 0.717) is 0 Å². The van der Waals surface area contributed by atoms with Gasteiger partial charge in [0.2, 0.25) is 5.91 Å². The van der Waals surface area contributed by atoms with Crippen LogP contribution in [0.3, 0.4) is 0 Å². The average Bonchev–Trinajstić information content (AvgIpc) is 2.26. The van der Waals surface area contributed by atoms with Gasteiger partial charge in [-0.15, -0.1) is 0 Å². The molecular formula is C9H16N2O5. The van der Waals surface area contributed by atoms with E-state index >= 15 is 0 Å². The van der Waals surface area contributed by atoms with Gasteiger partial charge in [-0.2, -0.15) is 0 Å². The van der Waals surface area contributed by atoms with Crippen LogP contribution in [0.1, 0.15) is 13.3 Å². The van der Waals surface area contributed by atoms with Crippen LogP contribution in [0.15, 0.2) is 0 Å². The van der Waals surface area contributed by atoms with E-state index < -0.39 is 29.9 Å². The van der Waals surface area contributed by atoms with Crippen LogP contribution in [0.2, 0.25) is 0 Å². The predicted octanol–water partition coefficient (Wildman–Crippen LogP) is -1.45. The summed E-state index contributed by atoms with van der Waals surface area (Å²) in [7, 11) is 2.34. The normalized spacial score (nSPS) is 13.5. The molecule has 0 saturated heterocycles. The molecule has 16 heavy (non-hydrogen) atoms. The zero-order chi connectivity index (χ0) is 12.7. The van der Waals surface area contributed by atoms with Crippen molar-refractivity contribution in [2.24, 2.45) is 5.73 Å². The number of methoxy groups -OCH3 is 2. The third-order valence-electron chi connectivity index (χ3n) is 1.81. The second-order valence-electron chi connectivity index (χ2n) is 3.15. The van der Waals surface area contributed by atoms with E-state index in [4.69, 9.17) is 5.73 Å². The maximum absolute atomic E-state index is 11.2. The van der Waals surface area contributed by atoms with Crippen molar-refractivity contribution in [1.29, 1.82) is 0 Å². The molecule has 7 heteroatoms. The Labute approximate surface area is 93.3 Å². The Morgan fingerprint density at radius 3 is 2.19 bits per heavy atom. The van der Waals surface area contributed by atoms with Crippen molar-refractivity contribution >= 4 is 17.8 Å². The lowest BCUT2D eigenvalue weighted by Gasteiger charge is -2.16. The fourth-order valence-electron chi connectivity index (χ4n) is 0.889. The molecule has 92 valence electrons. The Bertz CT molecular complexity index is 277. The number of rotatable bonds is 5. The molecule has 0 aromatic carbocycles. The topological polar surface area (TPSA) is 108 Å². The van der Waals surface area contributed by atoms with Crippen molar-refractivity contribution in [3.8, 4) is 0 Å². The van der Waals surface area contributed by atoms with Crippen LogP contribution < -0.4 is 11.1 Å². The monoisotopic (exact) mass is 232 g/mol. The summed E-state index contributed by atoms with van der Waals surface area (Å²) in [5.74, 6) is -1.89. The van der Waals surface area contributed by atoms with Gasteiger partial charge in [-0.1, -0.05) is 0 Å². The molecule has 0 unspecified atom stereocenters. The van der Waals surface area contributed by atoms with Gasteiger partial charge < -0.3 is 20.5 Å². The van der Waals surface area contributed by atoms with Gasteiger partial charge in [0, 0.05) is 0 Å². The minimum absolute atomic E-state index is 0.290. The summed E-state index contributed by atoms with van der Waals surface area (Å²) in [5, 5.41) is 2.29. The van der Waals surface area contributed by atoms with Crippen LogP contribution in [0, 0.1) is 0 Å². The zero-order valence-electron chi connectivity index (χ0n) is 9.48. The molecule has 0 bridgehead atoms. The summed E-state index contributed by atoms with van der Waals surface area (Å²) in [6.45, 7) is 1.46. The van der Waals surface area contributed by atoms with Gasteiger partial charge in [0.1, 0.15) is 6.04 Å². The van der Waals surface area contributed by atoms with E-state index in [-0.39, 0.29) is 6.42 Å². The van der Waals surface area contributed by atoms with E-state index in [9.17, 15) is 14.4 Å². The Kier molecular flexibility index (Phi) is 6.09. The summed E-state index contributed by atoms with van der Waals surface area (Å²) in [5.41, 5.74) is 5.31. The molecule has 1 amide bonds. The van der Waals surface area contributed by atoms with Crippen molar-refractivity contribution in [3.05, 3.63) is 0 Å². The molecule has 0 spiro atoms. The molecule has 0 aliphatic heterocycles. The Morgan fingerprint density at radius 1 is 1.25 bits per heavy atom. The maximum Gasteiger partial charge on any atom is 0.328 e. The molecule has 0 radical (unpaired) electrons. The third kappa shape index (κ3) is 4.74. The molecule has 7 nitrogen and oxygen atoms in total. The number of hydrogen-bond acceptors (Lipinski definition) is 6. The van der Waals surface area contributed by atoms with Crippen LogP contribution in [0.25, 0.3) is 0 Å². The fraction of sp³-hybridized carbons (Fsp3) is 0.667. The highest BCUT2D eigenvalue weighted by Crippen LogP contribution is 1.98. The van der Waals surface area contributed by atoms with Gasteiger partial charge in [-0.3, -0.25) is 9.59 Å². The Balaban J connectivity index is 4.49. The molecule has 3 N–H and O–H groups in total. The highest BCUT2D eigenvalue weighted by atomic mass is 16.5. The van der Waals surface area contributed by atoms with Gasteiger partial charge in [0.25, 0.3) is 0 Å². The second kappa shape index (κ2) is 6.78. The lowest BCUT2D eigenvalue weighted by atomic mass is 10.2. The Morgan fingerprint density at radius 2 is 1.81 bits per heavy atom. The number of nitrogens with one attached hydrogen (secondary N) is 1. The molecule has 0 saturated carbocycles. The lowest BCUT2D eigenvalue weighted by Crippen LogP contribution is -2.48. The predicted molar refractivity (Wildman–Crippen MR) is 54.2 cm³/mol. The number of carbonyl (C=O) groups is 3. The molecule has 0 aromatic rings. The van der Waals surface area contributed by atoms with E-state index in [1.54, 1.807) is 0 Å². The van der Waals surface area contributed by atoms with Crippen molar-refractivity contribution in [2.45, 2.75) is 25.4 Å².